The van der Waals surface area contributed by atoms with Crippen LogP contribution in [0.15, 0.2) is 22.7 Å². The molecule has 0 bridgehead atoms. The summed E-state index contributed by atoms with van der Waals surface area (Å²) in [5.74, 6) is 3.67. The summed E-state index contributed by atoms with van der Waals surface area (Å²) in [6.07, 6.45) is 1.85. The third-order valence-corrected chi connectivity index (χ3v) is 3.98. The Bertz CT molecular complexity index is 586. The average molecular weight is 274 g/mol. The van der Waals surface area contributed by atoms with Crippen molar-refractivity contribution in [1.82, 2.24) is 15.1 Å². The number of hydrogen-bond donors (Lipinski definition) is 2. The lowest BCUT2D eigenvalue weighted by Gasteiger charge is -2.26. The molecule has 0 unspecified atom stereocenters. The van der Waals surface area contributed by atoms with Crippen LogP contribution in [0, 0.1) is 19.8 Å². The van der Waals surface area contributed by atoms with Crippen molar-refractivity contribution in [1.29, 1.82) is 0 Å². The molecule has 0 radical (unpaired) electrons. The molecule has 0 saturated carbocycles. The van der Waals surface area contributed by atoms with Crippen molar-refractivity contribution < 1.29 is 4.42 Å². The van der Waals surface area contributed by atoms with E-state index in [9.17, 15) is 0 Å². The number of anilines is 1. The fraction of sp³-hybridized carbons (Fsp3) is 0.533. The van der Waals surface area contributed by atoms with Gasteiger partial charge in [0.15, 0.2) is 0 Å². The van der Waals surface area contributed by atoms with Gasteiger partial charge >= 0.3 is 0 Å². The molecule has 0 fully saturated rings. The van der Waals surface area contributed by atoms with E-state index in [2.05, 4.69) is 28.7 Å². The summed E-state index contributed by atoms with van der Waals surface area (Å²) >= 11 is 0. The molecule has 2 N–H and O–H groups in total. The normalized spacial score (nSPS) is 19.4. The third-order valence-electron chi connectivity index (χ3n) is 3.98. The van der Waals surface area contributed by atoms with Crippen molar-refractivity contribution >= 4 is 5.82 Å². The minimum Gasteiger partial charge on any atom is -0.466 e. The molecule has 0 saturated heterocycles. The monoisotopic (exact) mass is 274 g/mol. The van der Waals surface area contributed by atoms with E-state index in [1.165, 1.54) is 5.56 Å². The molecule has 1 aliphatic heterocycles. The highest BCUT2D eigenvalue weighted by molar-refractivity contribution is 5.35. The van der Waals surface area contributed by atoms with Crippen LogP contribution in [0.4, 0.5) is 5.82 Å². The van der Waals surface area contributed by atoms with E-state index in [1.54, 1.807) is 0 Å². The van der Waals surface area contributed by atoms with E-state index < -0.39 is 0 Å². The lowest BCUT2D eigenvalue weighted by atomic mass is 10.1. The van der Waals surface area contributed by atoms with Gasteiger partial charge in [-0.1, -0.05) is 0 Å². The Morgan fingerprint density at radius 2 is 2.40 bits per heavy atom. The van der Waals surface area contributed by atoms with Gasteiger partial charge in [-0.15, -0.1) is 0 Å². The third kappa shape index (κ3) is 2.58. The van der Waals surface area contributed by atoms with Crippen molar-refractivity contribution in [2.75, 3.05) is 18.4 Å². The van der Waals surface area contributed by atoms with Gasteiger partial charge in [-0.05, 0) is 26.8 Å². The number of aromatic nitrogens is 2. The fourth-order valence-corrected chi connectivity index (χ4v) is 2.86. The zero-order chi connectivity index (χ0) is 14.1. The van der Waals surface area contributed by atoms with Crippen molar-refractivity contribution in [3.05, 3.63) is 35.4 Å². The van der Waals surface area contributed by atoms with Gasteiger partial charge in [-0.25, -0.2) is 4.68 Å². The highest BCUT2D eigenvalue weighted by Crippen LogP contribution is 2.22. The maximum Gasteiger partial charge on any atom is 0.124 e. The topological polar surface area (TPSA) is 55.0 Å². The van der Waals surface area contributed by atoms with Gasteiger partial charge in [-0.2, -0.15) is 5.10 Å². The number of nitrogens with zero attached hydrogens (tertiary/aromatic N) is 2. The summed E-state index contributed by atoms with van der Waals surface area (Å²) in [6, 6.07) is 4.45. The second-order valence-electron chi connectivity index (χ2n) is 5.64. The highest BCUT2D eigenvalue weighted by atomic mass is 16.3. The first-order valence-electron chi connectivity index (χ1n) is 7.19. The molecule has 2 aromatic heterocycles. The second kappa shape index (κ2) is 5.32. The molecule has 3 rings (SSSR count). The summed E-state index contributed by atoms with van der Waals surface area (Å²) in [5, 5.41) is 11.3. The summed E-state index contributed by atoms with van der Waals surface area (Å²) in [7, 11) is 0. The molecule has 1 aliphatic rings. The van der Waals surface area contributed by atoms with E-state index in [0.29, 0.717) is 12.0 Å². The molecule has 2 atom stereocenters. The fourth-order valence-electron chi connectivity index (χ4n) is 2.86. The molecular formula is C15H22N4O. The van der Waals surface area contributed by atoms with Crippen LogP contribution in [-0.2, 0) is 6.54 Å². The van der Waals surface area contributed by atoms with Crippen LogP contribution in [0.25, 0.3) is 0 Å². The zero-order valence-corrected chi connectivity index (χ0v) is 12.3. The van der Waals surface area contributed by atoms with E-state index in [-0.39, 0.29) is 0 Å². The van der Waals surface area contributed by atoms with Crippen LogP contribution in [-0.4, -0.2) is 22.9 Å². The van der Waals surface area contributed by atoms with Crippen molar-refractivity contribution in [2.24, 2.45) is 5.92 Å². The Morgan fingerprint density at radius 1 is 1.55 bits per heavy atom. The number of aryl methyl sites for hydroxylation is 2. The lowest BCUT2D eigenvalue weighted by Crippen LogP contribution is -2.36. The first kappa shape index (κ1) is 13.2. The number of hydrogen-bond acceptors (Lipinski definition) is 4. The van der Waals surface area contributed by atoms with Crippen molar-refractivity contribution in [3.63, 3.8) is 0 Å². The molecule has 0 aliphatic carbocycles. The first-order chi connectivity index (χ1) is 9.63. The van der Waals surface area contributed by atoms with Crippen LogP contribution in [0.5, 0.6) is 0 Å². The van der Waals surface area contributed by atoms with Gasteiger partial charge in [0.05, 0.1) is 6.20 Å². The van der Waals surface area contributed by atoms with Crippen molar-refractivity contribution in [3.8, 4) is 0 Å². The molecule has 108 valence electrons. The Balaban J connectivity index is 1.56. The molecule has 0 amide bonds. The second-order valence-corrected chi connectivity index (χ2v) is 5.64. The van der Waals surface area contributed by atoms with E-state index in [0.717, 1.165) is 37.0 Å². The Kier molecular flexibility index (Phi) is 3.53. The van der Waals surface area contributed by atoms with Crippen LogP contribution in [0.3, 0.4) is 0 Å². The average Bonchev–Trinajstić information content (AvgIpc) is 3.01. The Morgan fingerprint density at radius 3 is 3.15 bits per heavy atom. The summed E-state index contributed by atoms with van der Waals surface area (Å²) in [4.78, 5) is 0. The van der Waals surface area contributed by atoms with Gasteiger partial charge < -0.3 is 15.1 Å². The molecule has 0 aromatic carbocycles. The minimum atomic E-state index is 0.312. The quantitative estimate of drug-likeness (QED) is 0.899. The van der Waals surface area contributed by atoms with E-state index >= 15 is 0 Å². The maximum absolute atomic E-state index is 5.60. The number of furan rings is 1. The number of fused-ring (bicyclic) bond motifs is 1. The smallest absolute Gasteiger partial charge is 0.124 e. The molecule has 0 spiro atoms. The lowest BCUT2D eigenvalue weighted by molar-refractivity contribution is 0.375. The molecule has 20 heavy (non-hydrogen) atoms. The predicted octanol–water partition coefficient (Wildman–Crippen LogP) is 2.49. The zero-order valence-electron chi connectivity index (χ0n) is 12.3. The van der Waals surface area contributed by atoms with Gasteiger partial charge in [-0.3, -0.25) is 0 Å². The maximum atomic E-state index is 5.60. The van der Waals surface area contributed by atoms with Gasteiger partial charge in [0.25, 0.3) is 0 Å². The molecule has 2 aromatic rings. The van der Waals surface area contributed by atoms with Gasteiger partial charge in [0.1, 0.15) is 17.3 Å². The predicted molar refractivity (Wildman–Crippen MR) is 78.8 cm³/mol. The van der Waals surface area contributed by atoms with Crippen LogP contribution >= 0.6 is 0 Å². The first-order valence-corrected chi connectivity index (χ1v) is 7.19. The SMILES string of the molecule is Cc1cc([C@H](C)NC[C@H]2CNc3ccnn3C2)c(C)o1. The largest absolute Gasteiger partial charge is 0.466 e. The Hall–Kier alpha value is -1.75. The number of nitrogens with one attached hydrogen (secondary N) is 2. The van der Waals surface area contributed by atoms with Crippen LogP contribution in [0.1, 0.15) is 30.0 Å². The minimum absolute atomic E-state index is 0.312. The molecule has 5 heteroatoms. The molecule has 3 heterocycles. The highest BCUT2D eigenvalue weighted by Gasteiger charge is 2.19. The van der Waals surface area contributed by atoms with E-state index in [4.69, 9.17) is 4.42 Å². The summed E-state index contributed by atoms with van der Waals surface area (Å²) < 4.78 is 7.63. The summed E-state index contributed by atoms with van der Waals surface area (Å²) in [5.41, 5.74) is 1.26. The Labute approximate surface area is 119 Å². The van der Waals surface area contributed by atoms with Crippen LogP contribution < -0.4 is 10.6 Å². The number of rotatable bonds is 4. The van der Waals surface area contributed by atoms with Crippen LogP contribution in [0.2, 0.25) is 0 Å². The van der Waals surface area contributed by atoms with Crippen molar-refractivity contribution in [2.45, 2.75) is 33.4 Å². The van der Waals surface area contributed by atoms with E-state index in [1.807, 2.05) is 30.8 Å². The van der Waals surface area contributed by atoms with Gasteiger partial charge in [0, 0.05) is 43.2 Å². The summed E-state index contributed by atoms with van der Waals surface area (Å²) in [6.45, 7) is 9.14. The van der Waals surface area contributed by atoms with Gasteiger partial charge in [0.2, 0.25) is 0 Å². The molecular weight excluding hydrogens is 252 g/mol. The standard InChI is InChI=1S/C15H22N4O/c1-10-6-14(12(3)20-10)11(2)16-7-13-8-17-15-4-5-18-19(15)9-13/h4-6,11,13,16-17H,7-9H2,1-3H3/t11-,13-/m0/s1. The molecule has 5 nitrogen and oxygen atoms in total.